The molecule has 0 saturated carbocycles. The van der Waals surface area contributed by atoms with E-state index in [1.54, 1.807) is 0 Å². The molecular weight excluding hydrogens is 338 g/mol. The second-order valence-corrected chi connectivity index (χ2v) is 5.69. The molecular formula is C19H16F2N4O. The molecule has 3 aromatic rings. The van der Waals surface area contributed by atoms with Crippen molar-refractivity contribution >= 4 is 17.5 Å². The van der Waals surface area contributed by atoms with Crippen molar-refractivity contribution in [1.82, 2.24) is 15.3 Å². The molecule has 0 aliphatic heterocycles. The zero-order valence-corrected chi connectivity index (χ0v) is 14.0. The first kappa shape index (κ1) is 17.5. The first-order chi connectivity index (χ1) is 12.5. The summed E-state index contributed by atoms with van der Waals surface area (Å²) in [5, 5.41) is 5.24. The van der Waals surface area contributed by atoms with Crippen molar-refractivity contribution in [2.45, 2.75) is 13.5 Å². The standard InChI is InChI=1S/C19H16F2N4O/c1-12-4-2-5-13(8-12)9-22-18(26)14-10-23-19(24-11-14)25-17-15(20)6-3-7-16(17)21/h2-8,10-11H,9H2,1H3,(H,22,26)(H,23,24,25). The summed E-state index contributed by atoms with van der Waals surface area (Å²) >= 11 is 0. The topological polar surface area (TPSA) is 66.9 Å². The fourth-order valence-electron chi connectivity index (χ4n) is 2.35. The first-order valence-corrected chi connectivity index (χ1v) is 7.90. The van der Waals surface area contributed by atoms with Crippen molar-refractivity contribution in [2.24, 2.45) is 0 Å². The molecule has 1 heterocycles. The summed E-state index contributed by atoms with van der Waals surface area (Å²) in [6.45, 7) is 2.35. The van der Waals surface area contributed by atoms with Gasteiger partial charge in [-0.05, 0) is 24.6 Å². The van der Waals surface area contributed by atoms with Crippen molar-refractivity contribution < 1.29 is 13.6 Å². The minimum Gasteiger partial charge on any atom is -0.348 e. The summed E-state index contributed by atoms with van der Waals surface area (Å²) in [5.41, 5.74) is 1.99. The van der Waals surface area contributed by atoms with Crippen LogP contribution in [0.1, 0.15) is 21.5 Å². The monoisotopic (exact) mass is 354 g/mol. The van der Waals surface area contributed by atoms with Crippen LogP contribution in [0.5, 0.6) is 0 Å². The van der Waals surface area contributed by atoms with Gasteiger partial charge in [-0.1, -0.05) is 35.9 Å². The minimum absolute atomic E-state index is 0.00997. The van der Waals surface area contributed by atoms with Crippen molar-refractivity contribution in [1.29, 1.82) is 0 Å². The molecule has 0 unspecified atom stereocenters. The van der Waals surface area contributed by atoms with E-state index < -0.39 is 11.6 Å². The fourth-order valence-corrected chi connectivity index (χ4v) is 2.35. The smallest absolute Gasteiger partial charge is 0.254 e. The second-order valence-electron chi connectivity index (χ2n) is 5.69. The summed E-state index contributed by atoms with van der Waals surface area (Å²) in [4.78, 5) is 20.0. The molecule has 0 atom stereocenters. The van der Waals surface area contributed by atoms with Crippen LogP contribution in [0.4, 0.5) is 20.4 Å². The predicted octanol–water partition coefficient (Wildman–Crippen LogP) is 3.74. The number of nitrogens with one attached hydrogen (secondary N) is 2. The summed E-state index contributed by atoms with van der Waals surface area (Å²) in [7, 11) is 0. The van der Waals surface area contributed by atoms with Gasteiger partial charge in [0.1, 0.15) is 17.3 Å². The van der Waals surface area contributed by atoms with Crippen LogP contribution in [-0.2, 0) is 6.54 Å². The van der Waals surface area contributed by atoms with E-state index in [0.29, 0.717) is 6.54 Å². The number of aryl methyl sites for hydroxylation is 1. The number of benzene rings is 2. The van der Waals surface area contributed by atoms with Gasteiger partial charge in [-0.15, -0.1) is 0 Å². The molecule has 0 aliphatic carbocycles. The lowest BCUT2D eigenvalue weighted by Gasteiger charge is -2.08. The zero-order chi connectivity index (χ0) is 18.5. The Balaban J connectivity index is 1.64. The molecule has 1 aromatic heterocycles. The lowest BCUT2D eigenvalue weighted by atomic mass is 10.1. The highest BCUT2D eigenvalue weighted by Crippen LogP contribution is 2.20. The van der Waals surface area contributed by atoms with Gasteiger partial charge in [0.2, 0.25) is 5.95 Å². The number of aromatic nitrogens is 2. The van der Waals surface area contributed by atoms with Gasteiger partial charge in [-0.25, -0.2) is 18.7 Å². The highest BCUT2D eigenvalue weighted by Gasteiger charge is 2.11. The van der Waals surface area contributed by atoms with Crippen molar-refractivity contribution in [3.05, 3.63) is 83.2 Å². The molecule has 0 aliphatic rings. The Morgan fingerprint density at radius 1 is 1.04 bits per heavy atom. The van der Waals surface area contributed by atoms with Crippen LogP contribution in [0, 0.1) is 18.6 Å². The third-order valence-electron chi connectivity index (χ3n) is 3.65. The molecule has 26 heavy (non-hydrogen) atoms. The van der Waals surface area contributed by atoms with Crippen LogP contribution >= 0.6 is 0 Å². The zero-order valence-electron chi connectivity index (χ0n) is 14.0. The fraction of sp³-hybridized carbons (Fsp3) is 0.105. The predicted molar refractivity (Wildman–Crippen MR) is 94.0 cm³/mol. The third kappa shape index (κ3) is 4.18. The van der Waals surface area contributed by atoms with Gasteiger partial charge in [0, 0.05) is 18.9 Å². The summed E-state index contributed by atoms with van der Waals surface area (Å²) < 4.78 is 27.2. The molecule has 3 rings (SSSR count). The Kier molecular flexibility index (Phi) is 5.17. The maximum atomic E-state index is 13.6. The SMILES string of the molecule is Cc1cccc(CNC(=O)c2cnc(Nc3c(F)cccc3F)nc2)c1. The minimum atomic E-state index is -0.756. The summed E-state index contributed by atoms with van der Waals surface area (Å²) in [6, 6.07) is 11.3. The van der Waals surface area contributed by atoms with Crippen LogP contribution in [0.3, 0.4) is 0 Å². The van der Waals surface area contributed by atoms with E-state index in [4.69, 9.17) is 0 Å². The molecule has 0 spiro atoms. The lowest BCUT2D eigenvalue weighted by Crippen LogP contribution is -2.23. The van der Waals surface area contributed by atoms with Crippen molar-refractivity contribution in [2.75, 3.05) is 5.32 Å². The van der Waals surface area contributed by atoms with Gasteiger partial charge in [0.15, 0.2) is 0 Å². The average molecular weight is 354 g/mol. The number of para-hydroxylation sites is 1. The van der Waals surface area contributed by atoms with E-state index in [2.05, 4.69) is 20.6 Å². The molecule has 0 saturated heterocycles. The number of halogens is 2. The quantitative estimate of drug-likeness (QED) is 0.733. The van der Waals surface area contributed by atoms with Gasteiger partial charge < -0.3 is 10.6 Å². The Hall–Kier alpha value is -3.35. The van der Waals surface area contributed by atoms with Crippen LogP contribution in [0.2, 0.25) is 0 Å². The molecule has 2 aromatic carbocycles. The molecule has 0 fully saturated rings. The Labute approximate surface area is 149 Å². The molecule has 1 amide bonds. The highest BCUT2D eigenvalue weighted by molar-refractivity contribution is 5.93. The van der Waals surface area contributed by atoms with Gasteiger partial charge in [-0.2, -0.15) is 0 Å². The van der Waals surface area contributed by atoms with E-state index in [1.807, 2.05) is 31.2 Å². The van der Waals surface area contributed by atoms with E-state index in [-0.39, 0.29) is 23.1 Å². The number of hydrogen-bond donors (Lipinski definition) is 2. The number of carbonyl (C=O) groups excluding carboxylic acids is 1. The van der Waals surface area contributed by atoms with Crippen LogP contribution in [0.25, 0.3) is 0 Å². The number of anilines is 2. The largest absolute Gasteiger partial charge is 0.348 e. The van der Waals surface area contributed by atoms with Crippen LogP contribution in [0.15, 0.2) is 54.9 Å². The maximum Gasteiger partial charge on any atom is 0.254 e. The second kappa shape index (κ2) is 7.69. The van der Waals surface area contributed by atoms with E-state index in [1.165, 1.54) is 18.5 Å². The summed E-state index contributed by atoms with van der Waals surface area (Å²) in [6.07, 6.45) is 2.58. The Bertz CT molecular complexity index is 909. The number of carbonyl (C=O) groups is 1. The van der Waals surface area contributed by atoms with Gasteiger partial charge in [0.25, 0.3) is 5.91 Å². The van der Waals surface area contributed by atoms with E-state index in [9.17, 15) is 13.6 Å². The number of hydrogen-bond acceptors (Lipinski definition) is 4. The summed E-state index contributed by atoms with van der Waals surface area (Å²) in [5.74, 6) is -1.86. The number of rotatable bonds is 5. The third-order valence-corrected chi connectivity index (χ3v) is 3.65. The van der Waals surface area contributed by atoms with Crippen molar-refractivity contribution in [3.8, 4) is 0 Å². The average Bonchev–Trinajstić information content (AvgIpc) is 2.63. The van der Waals surface area contributed by atoms with E-state index in [0.717, 1.165) is 23.3 Å². The Morgan fingerprint density at radius 2 is 1.69 bits per heavy atom. The normalized spacial score (nSPS) is 10.4. The lowest BCUT2D eigenvalue weighted by molar-refractivity contribution is 0.0950. The molecule has 5 nitrogen and oxygen atoms in total. The highest BCUT2D eigenvalue weighted by atomic mass is 19.1. The number of nitrogens with zero attached hydrogens (tertiary/aromatic N) is 2. The molecule has 0 radical (unpaired) electrons. The number of amides is 1. The molecule has 132 valence electrons. The Morgan fingerprint density at radius 3 is 2.35 bits per heavy atom. The molecule has 7 heteroatoms. The van der Waals surface area contributed by atoms with Gasteiger partial charge >= 0.3 is 0 Å². The van der Waals surface area contributed by atoms with E-state index >= 15 is 0 Å². The maximum absolute atomic E-state index is 13.6. The molecule has 2 N–H and O–H groups in total. The van der Waals surface area contributed by atoms with Crippen molar-refractivity contribution in [3.63, 3.8) is 0 Å². The van der Waals surface area contributed by atoms with Crippen LogP contribution in [-0.4, -0.2) is 15.9 Å². The van der Waals surface area contributed by atoms with Gasteiger partial charge in [-0.3, -0.25) is 4.79 Å². The molecule has 0 bridgehead atoms. The van der Waals surface area contributed by atoms with Crippen LogP contribution < -0.4 is 10.6 Å². The first-order valence-electron chi connectivity index (χ1n) is 7.90. The van der Waals surface area contributed by atoms with Gasteiger partial charge in [0.05, 0.1) is 5.56 Å².